The molecule has 0 saturated heterocycles. The third kappa shape index (κ3) is 2.40. The average molecular weight is 239 g/mol. The molecule has 0 radical (unpaired) electrons. The molecule has 0 spiro atoms. The second kappa shape index (κ2) is 5.26. The molecule has 0 aromatic heterocycles. The van der Waals surface area contributed by atoms with Gasteiger partial charge >= 0.3 is 0 Å². The van der Waals surface area contributed by atoms with Gasteiger partial charge in [0.25, 0.3) is 0 Å². The first kappa shape index (κ1) is 12.7. The minimum Gasteiger partial charge on any atom is -0.399 e. The first-order valence-corrected chi connectivity index (χ1v) is 6.64. The van der Waals surface area contributed by atoms with Crippen LogP contribution in [0.2, 0.25) is 0 Å². The van der Waals surface area contributed by atoms with Crippen LogP contribution in [0.25, 0.3) is 11.1 Å². The number of benzene rings is 2. The van der Waals surface area contributed by atoms with E-state index in [4.69, 9.17) is 5.73 Å². The van der Waals surface area contributed by atoms with Crippen LogP contribution in [-0.2, 0) is 12.8 Å². The van der Waals surface area contributed by atoms with E-state index in [1.165, 1.54) is 27.8 Å². The van der Waals surface area contributed by atoms with Gasteiger partial charge in [-0.25, -0.2) is 0 Å². The molecule has 0 aliphatic carbocycles. The maximum atomic E-state index is 5.81. The predicted molar refractivity (Wildman–Crippen MR) is 79.8 cm³/mol. The van der Waals surface area contributed by atoms with Crippen LogP contribution >= 0.6 is 0 Å². The van der Waals surface area contributed by atoms with Crippen molar-refractivity contribution in [3.05, 3.63) is 53.1 Å². The SMILES string of the molecule is CCc1ccc(-c2ccc(N)cc2C)cc1CC. The Morgan fingerprint density at radius 1 is 0.889 bits per heavy atom. The first-order valence-electron chi connectivity index (χ1n) is 6.64. The Kier molecular flexibility index (Phi) is 3.71. The lowest BCUT2D eigenvalue weighted by molar-refractivity contribution is 1.04. The Balaban J connectivity index is 2.51. The van der Waals surface area contributed by atoms with Crippen LogP contribution in [0, 0.1) is 6.92 Å². The summed E-state index contributed by atoms with van der Waals surface area (Å²) in [6.07, 6.45) is 2.19. The average Bonchev–Trinajstić information content (AvgIpc) is 2.38. The highest BCUT2D eigenvalue weighted by atomic mass is 14.5. The summed E-state index contributed by atoms with van der Waals surface area (Å²) in [6, 6.07) is 12.9. The highest BCUT2D eigenvalue weighted by Crippen LogP contribution is 2.27. The van der Waals surface area contributed by atoms with E-state index >= 15 is 0 Å². The van der Waals surface area contributed by atoms with Crippen LogP contribution in [0.5, 0.6) is 0 Å². The van der Waals surface area contributed by atoms with Gasteiger partial charge in [-0.05, 0) is 59.7 Å². The van der Waals surface area contributed by atoms with Gasteiger partial charge in [0, 0.05) is 5.69 Å². The van der Waals surface area contributed by atoms with E-state index in [0.717, 1.165) is 18.5 Å². The van der Waals surface area contributed by atoms with Crippen LogP contribution in [0.4, 0.5) is 5.69 Å². The zero-order valence-electron chi connectivity index (χ0n) is 11.5. The molecular weight excluding hydrogens is 218 g/mol. The van der Waals surface area contributed by atoms with Crippen molar-refractivity contribution in [2.45, 2.75) is 33.6 Å². The number of hydrogen-bond donors (Lipinski definition) is 1. The van der Waals surface area contributed by atoms with E-state index < -0.39 is 0 Å². The highest BCUT2D eigenvalue weighted by molar-refractivity contribution is 5.70. The summed E-state index contributed by atoms with van der Waals surface area (Å²) in [4.78, 5) is 0. The van der Waals surface area contributed by atoms with E-state index in [-0.39, 0.29) is 0 Å². The van der Waals surface area contributed by atoms with Gasteiger partial charge in [0.15, 0.2) is 0 Å². The zero-order chi connectivity index (χ0) is 13.1. The van der Waals surface area contributed by atoms with Gasteiger partial charge in [-0.3, -0.25) is 0 Å². The zero-order valence-corrected chi connectivity index (χ0v) is 11.5. The predicted octanol–water partition coefficient (Wildman–Crippen LogP) is 4.37. The fourth-order valence-corrected chi connectivity index (χ4v) is 2.48. The summed E-state index contributed by atoms with van der Waals surface area (Å²) in [5.41, 5.74) is 13.4. The molecule has 2 rings (SSSR count). The van der Waals surface area contributed by atoms with Crippen molar-refractivity contribution in [2.75, 3.05) is 5.73 Å². The molecule has 0 amide bonds. The van der Waals surface area contributed by atoms with Crippen molar-refractivity contribution in [1.29, 1.82) is 0 Å². The summed E-state index contributed by atoms with van der Waals surface area (Å²) >= 11 is 0. The Morgan fingerprint density at radius 3 is 2.22 bits per heavy atom. The van der Waals surface area contributed by atoms with E-state index in [1.807, 2.05) is 12.1 Å². The second-order valence-electron chi connectivity index (χ2n) is 4.76. The molecule has 0 bridgehead atoms. The van der Waals surface area contributed by atoms with Gasteiger partial charge < -0.3 is 5.73 Å². The van der Waals surface area contributed by atoms with E-state index in [9.17, 15) is 0 Å². The van der Waals surface area contributed by atoms with E-state index in [2.05, 4.69) is 45.0 Å². The number of nitrogens with two attached hydrogens (primary N) is 1. The van der Waals surface area contributed by atoms with Gasteiger partial charge in [0.05, 0.1) is 0 Å². The van der Waals surface area contributed by atoms with Crippen LogP contribution in [0.1, 0.15) is 30.5 Å². The van der Waals surface area contributed by atoms with Crippen molar-refractivity contribution in [1.82, 2.24) is 0 Å². The largest absolute Gasteiger partial charge is 0.399 e. The molecule has 0 aliphatic rings. The summed E-state index contributed by atoms with van der Waals surface area (Å²) < 4.78 is 0. The second-order valence-corrected chi connectivity index (χ2v) is 4.76. The summed E-state index contributed by atoms with van der Waals surface area (Å²) in [5, 5.41) is 0. The number of aryl methyl sites for hydroxylation is 3. The Morgan fingerprint density at radius 2 is 1.61 bits per heavy atom. The van der Waals surface area contributed by atoms with Gasteiger partial charge in [-0.15, -0.1) is 0 Å². The lowest BCUT2D eigenvalue weighted by atomic mass is 9.94. The van der Waals surface area contributed by atoms with Crippen molar-refractivity contribution >= 4 is 5.69 Å². The van der Waals surface area contributed by atoms with Crippen molar-refractivity contribution in [2.24, 2.45) is 0 Å². The maximum Gasteiger partial charge on any atom is 0.0317 e. The van der Waals surface area contributed by atoms with Gasteiger partial charge in [0.1, 0.15) is 0 Å². The lowest BCUT2D eigenvalue weighted by Crippen LogP contribution is -1.93. The molecule has 0 aliphatic heterocycles. The van der Waals surface area contributed by atoms with Gasteiger partial charge in [0.2, 0.25) is 0 Å². The number of hydrogen-bond acceptors (Lipinski definition) is 1. The number of rotatable bonds is 3. The Labute approximate surface area is 110 Å². The molecule has 0 unspecified atom stereocenters. The molecule has 2 aromatic rings. The molecule has 0 fully saturated rings. The normalized spacial score (nSPS) is 10.6. The minimum absolute atomic E-state index is 0.831. The molecule has 0 saturated carbocycles. The van der Waals surface area contributed by atoms with Gasteiger partial charge in [-0.1, -0.05) is 38.1 Å². The molecule has 0 atom stereocenters. The third-order valence-corrected chi connectivity index (χ3v) is 3.53. The maximum absolute atomic E-state index is 5.81. The van der Waals surface area contributed by atoms with Crippen molar-refractivity contribution in [3.63, 3.8) is 0 Å². The quantitative estimate of drug-likeness (QED) is 0.791. The molecule has 94 valence electrons. The van der Waals surface area contributed by atoms with Gasteiger partial charge in [-0.2, -0.15) is 0 Å². The molecule has 18 heavy (non-hydrogen) atoms. The molecule has 1 nitrogen and oxygen atoms in total. The fraction of sp³-hybridized carbons (Fsp3) is 0.294. The van der Waals surface area contributed by atoms with Crippen LogP contribution in [0.15, 0.2) is 36.4 Å². The summed E-state index contributed by atoms with van der Waals surface area (Å²) in [7, 11) is 0. The van der Waals surface area contributed by atoms with Crippen LogP contribution in [-0.4, -0.2) is 0 Å². The van der Waals surface area contributed by atoms with E-state index in [1.54, 1.807) is 0 Å². The van der Waals surface area contributed by atoms with Crippen molar-refractivity contribution < 1.29 is 0 Å². The van der Waals surface area contributed by atoms with Crippen molar-refractivity contribution in [3.8, 4) is 11.1 Å². The molecule has 1 heteroatoms. The van der Waals surface area contributed by atoms with E-state index in [0.29, 0.717) is 0 Å². The summed E-state index contributed by atoms with van der Waals surface area (Å²) in [6.45, 7) is 6.54. The minimum atomic E-state index is 0.831. The molecule has 2 N–H and O–H groups in total. The third-order valence-electron chi connectivity index (χ3n) is 3.53. The monoisotopic (exact) mass is 239 g/mol. The summed E-state index contributed by atoms with van der Waals surface area (Å²) in [5.74, 6) is 0. The topological polar surface area (TPSA) is 26.0 Å². The number of anilines is 1. The Hall–Kier alpha value is -1.76. The smallest absolute Gasteiger partial charge is 0.0317 e. The van der Waals surface area contributed by atoms with Crippen LogP contribution < -0.4 is 5.73 Å². The fourth-order valence-electron chi connectivity index (χ4n) is 2.48. The lowest BCUT2D eigenvalue weighted by Gasteiger charge is -2.11. The molecule has 2 aromatic carbocycles. The first-order chi connectivity index (χ1) is 8.65. The highest BCUT2D eigenvalue weighted by Gasteiger charge is 2.05. The number of nitrogen functional groups attached to an aromatic ring is 1. The molecule has 0 heterocycles. The standard InChI is InChI=1S/C17H21N/c1-4-13-6-7-15(11-14(13)5-2)17-9-8-16(18)10-12(17)3/h6-11H,4-5,18H2,1-3H3. The molecular formula is C17H21N. The van der Waals surface area contributed by atoms with Crippen LogP contribution in [0.3, 0.4) is 0 Å². The Bertz CT molecular complexity index is 556.